The van der Waals surface area contributed by atoms with Crippen molar-refractivity contribution < 1.29 is 14.7 Å². The van der Waals surface area contributed by atoms with Crippen LogP contribution in [0, 0.1) is 31.6 Å². The molecule has 118 valence electrons. The maximum absolute atomic E-state index is 12.7. The lowest BCUT2D eigenvalue weighted by Crippen LogP contribution is -2.35. The smallest absolute Gasteiger partial charge is 0.308 e. The molecule has 2 atom stereocenters. The van der Waals surface area contributed by atoms with Crippen molar-refractivity contribution in [3.05, 3.63) is 33.2 Å². The Morgan fingerprint density at radius 3 is 2.50 bits per heavy atom. The van der Waals surface area contributed by atoms with E-state index in [-0.39, 0.29) is 23.9 Å². The number of aromatic amines is 1. The van der Waals surface area contributed by atoms with Crippen molar-refractivity contribution in [1.82, 2.24) is 9.88 Å². The van der Waals surface area contributed by atoms with Gasteiger partial charge in [-0.2, -0.15) is 0 Å². The summed E-state index contributed by atoms with van der Waals surface area (Å²) in [4.78, 5) is 40.4. The predicted octanol–water partition coefficient (Wildman–Crippen LogP) is 1.17. The van der Waals surface area contributed by atoms with E-state index < -0.39 is 17.4 Å². The summed E-state index contributed by atoms with van der Waals surface area (Å²) in [7, 11) is 0. The van der Waals surface area contributed by atoms with E-state index in [0.29, 0.717) is 23.7 Å². The number of hydrogen-bond acceptors (Lipinski definition) is 3. The molecule has 0 bridgehead atoms. The summed E-state index contributed by atoms with van der Waals surface area (Å²) < 4.78 is 0. The normalized spacial score (nSPS) is 24.5. The molecule has 2 fully saturated rings. The van der Waals surface area contributed by atoms with Crippen molar-refractivity contribution in [2.45, 2.75) is 26.7 Å². The Labute approximate surface area is 128 Å². The molecule has 1 saturated carbocycles. The minimum atomic E-state index is -0.846. The highest BCUT2D eigenvalue weighted by Gasteiger charge is 2.47. The molecule has 2 aliphatic rings. The number of carboxylic acid groups (broad SMARTS) is 1. The number of aryl methyl sites for hydroxylation is 2. The summed E-state index contributed by atoms with van der Waals surface area (Å²) in [5.74, 6) is -1.28. The van der Waals surface area contributed by atoms with E-state index in [9.17, 15) is 19.5 Å². The number of rotatable bonds is 3. The van der Waals surface area contributed by atoms with Crippen LogP contribution in [0.1, 0.15) is 34.5 Å². The maximum atomic E-state index is 12.7. The van der Waals surface area contributed by atoms with Gasteiger partial charge in [-0.3, -0.25) is 14.4 Å². The van der Waals surface area contributed by atoms with Crippen LogP contribution in [0.5, 0.6) is 0 Å². The van der Waals surface area contributed by atoms with Crippen LogP contribution < -0.4 is 5.56 Å². The van der Waals surface area contributed by atoms with Gasteiger partial charge in [0, 0.05) is 18.8 Å². The summed E-state index contributed by atoms with van der Waals surface area (Å²) in [6.45, 7) is 4.13. The van der Waals surface area contributed by atoms with Gasteiger partial charge in [-0.1, -0.05) is 0 Å². The number of hydrogen-bond donors (Lipinski definition) is 2. The molecule has 0 aromatic carbocycles. The molecule has 0 unspecified atom stereocenters. The number of carbonyl (C=O) groups excluding carboxylic acids is 1. The zero-order valence-corrected chi connectivity index (χ0v) is 12.8. The first-order chi connectivity index (χ1) is 10.4. The number of aliphatic carboxylic acids is 1. The Morgan fingerprint density at radius 2 is 1.95 bits per heavy atom. The standard InChI is InChI=1S/C16H20N2O4/c1-8-5-9(2)17-14(19)13(8)15(20)18-6-11(10-3-4-10)12(7-18)16(21)22/h5,10-12H,3-4,6-7H2,1-2H3,(H,17,19)(H,21,22)/t11-,12+/m0/s1. The molecule has 22 heavy (non-hydrogen) atoms. The third-order valence-corrected chi connectivity index (χ3v) is 4.78. The molecule has 6 nitrogen and oxygen atoms in total. The molecule has 2 N–H and O–H groups in total. The second kappa shape index (κ2) is 5.26. The number of likely N-dealkylation sites (tertiary alicyclic amines) is 1. The van der Waals surface area contributed by atoms with Gasteiger partial charge in [0.25, 0.3) is 11.5 Å². The topological polar surface area (TPSA) is 90.5 Å². The lowest BCUT2D eigenvalue weighted by molar-refractivity contribution is -0.142. The van der Waals surface area contributed by atoms with Crippen LogP contribution in [0.25, 0.3) is 0 Å². The number of aromatic nitrogens is 1. The SMILES string of the molecule is Cc1cc(C)c(C(=O)N2C[C@@H](C(=O)O)[C@H](C3CC3)C2)c(=O)[nH]1. The molecule has 3 rings (SSSR count). The number of H-pyrrole nitrogens is 1. The first-order valence-corrected chi connectivity index (χ1v) is 7.61. The molecule has 1 aromatic heterocycles. The number of carboxylic acids is 1. The van der Waals surface area contributed by atoms with E-state index in [4.69, 9.17) is 0 Å². The fraction of sp³-hybridized carbons (Fsp3) is 0.562. The zero-order chi connectivity index (χ0) is 16.0. The van der Waals surface area contributed by atoms with E-state index in [0.717, 1.165) is 12.8 Å². The average molecular weight is 304 g/mol. The molecule has 2 heterocycles. The van der Waals surface area contributed by atoms with Crippen LogP contribution >= 0.6 is 0 Å². The zero-order valence-electron chi connectivity index (χ0n) is 12.8. The molecule has 1 aliphatic carbocycles. The van der Waals surface area contributed by atoms with E-state index >= 15 is 0 Å². The van der Waals surface area contributed by atoms with Crippen LogP contribution in [-0.4, -0.2) is 40.0 Å². The lowest BCUT2D eigenvalue weighted by atomic mass is 9.92. The average Bonchev–Trinajstić information content (AvgIpc) is 3.15. The molecule has 0 spiro atoms. The summed E-state index contributed by atoms with van der Waals surface area (Å²) in [5, 5.41) is 9.37. The largest absolute Gasteiger partial charge is 0.481 e. The fourth-order valence-electron chi connectivity index (χ4n) is 3.54. The number of nitrogens with one attached hydrogen (secondary N) is 1. The van der Waals surface area contributed by atoms with Crippen LogP contribution in [0.2, 0.25) is 0 Å². The summed E-state index contributed by atoms with van der Waals surface area (Å²) >= 11 is 0. The van der Waals surface area contributed by atoms with Gasteiger partial charge in [0.05, 0.1) is 5.92 Å². The molecule has 1 aliphatic heterocycles. The van der Waals surface area contributed by atoms with Crippen LogP contribution in [0.4, 0.5) is 0 Å². The molecule has 6 heteroatoms. The summed E-state index contributed by atoms with van der Waals surface area (Å²) in [6.07, 6.45) is 2.08. The van der Waals surface area contributed by atoms with Gasteiger partial charge in [0.2, 0.25) is 0 Å². The second-order valence-corrected chi connectivity index (χ2v) is 6.50. The first-order valence-electron chi connectivity index (χ1n) is 7.61. The Bertz CT molecular complexity index is 690. The van der Waals surface area contributed by atoms with Crippen molar-refractivity contribution >= 4 is 11.9 Å². The third kappa shape index (κ3) is 2.53. The highest BCUT2D eigenvalue weighted by Crippen LogP contribution is 2.44. The molecular weight excluding hydrogens is 284 g/mol. The Morgan fingerprint density at radius 1 is 1.27 bits per heavy atom. The molecular formula is C16H20N2O4. The maximum Gasteiger partial charge on any atom is 0.308 e. The van der Waals surface area contributed by atoms with Crippen LogP contribution in [0.3, 0.4) is 0 Å². The summed E-state index contributed by atoms with van der Waals surface area (Å²) in [6, 6.07) is 1.76. The Hall–Kier alpha value is -2.11. The van der Waals surface area contributed by atoms with Crippen LogP contribution in [-0.2, 0) is 4.79 Å². The first kappa shape index (κ1) is 14.8. The van der Waals surface area contributed by atoms with Crippen molar-refractivity contribution in [2.24, 2.45) is 17.8 Å². The Balaban J connectivity index is 1.87. The number of amides is 1. The van der Waals surface area contributed by atoms with Crippen molar-refractivity contribution in [3.8, 4) is 0 Å². The molecule has 1 saturated heterocycles. The van der Waals surface area contributed by atoms with Crippen molar-refractivity contribution in [1.29, 1.82) is 0 Å². The summed E-state index contributed by atoms with van der Waals surface area (Å²) in [5.41, 5.74) is 1.07. The van der Waals surface area contributed by atoms with Gasteiger partial charge in [-0.05, 0) is 50.2 Å². The van der Waals surface area contributed by atoms with Crippen LogP contribution in [0.15, 0.2) is 10.9 Å². The van der Waals surface area contributed by atoms with Crippen molar-refractivity contribution in [2.75, 3.05) is 13.1 Å². The lowest BCUT2D eigenvalue weighted by Gasteiger charge is -2.17. The highest BCUT2D eigenvalue weighted by atomic mass is 16.4. The number of nitrogens with zero attached hydrogens (tertiary/aromatic N) is 1. The second-order valence-electron chi connectivity index (χ2n) is 6.50. The minimum Gasteiger partial charge on any atom is -0.481 e. The van der Waals surface area contributed by atoms with Gasteiger partial charge in [0.15, 0.2) is 0 Å². The van der Waals surface area contributed by atoms with Gasteiger partial charge < -0.3 is 15.0 Å². The van der Waals surface area contributed by atoms with E-state index in [1.54, 1.807) is 19.9 Å². The van der Waals surface area contributed by atoms with Gasteiger partial charge in [-0.15, -0.1) is 0 Å². The fourth-order valence-corrected chi connectivity index (χ4v) is 3.54. The molecule has 0 radical (unpaired) electrons. The Kier molecular flexibility index (Phi) is 3.54. The number of carbonyl (C=O) groups is 2. The predicted molar refractivity (Wildman–Crippen MR) is 79.8 cm³/mol. The van der Waals surface area contributed by atoms with E-state index in [1.807, 2.05) is 0 Å². The quantitative estimate of drug-likeness (QED) is 0.877. The highest BCUT2D eigenvalue weighted by molar-refractivity contribution is 5.96. The monoisotopic (exact) mass is 304 g/mol. The van der Waals surface area contributed by atoms with Crippen molar-refractivity contribution in [3.63, 3.8) is 0 Å². The number of pyridine rings is 1. The van der Waals surface area contributed by atoms with E-state index in [1.165, 1.54) is 4.90 Å². The molecule has 1 amide bonds. The van der Waals surface area contributed by atoms with E-state index in [2.05, 4.69) is 4.98 Å². The van der Waals surface area contributed by atoms with Gasteiger partial charge in [-0.25, -0.2) is 0 Å². The van der Waals surface area contributed by atoms with Gasteiger partial charge >= 0.3 is 5.97 Å². The molecule has 1 aromatic rings. The third-order valence-electron chi connectivity index (χ3n) is 4.78. The van der Waals surface area contributed by atoms with Gasteiger partial charge in [0.1, 0.15) is 5.56 Å². The minimum absolute atomic E-state index is 0.0197.